The van der Waals surface area contributed by atoms with E-state index in [0.717, 1.165) is 11.6 Å². The largest absolute Gasteiger partial charge is 0.382 e. The van der Waals surface area contributed by atoms with Crippen LogP contribution in [0.15, 0.2) is 18.2 Å². The molecule has 2 nitrogen and oxygen atoms in total. The number of halogens is 1. The van der Waals surface area contributed by atoms with Crippen molar-refractivity contribution in [1.82, 2.24) is 0 Å². The summed E-state index contributed by atoms with van der Waals surface area (Å²) in [5, 5.41) is 13.0. The zero-order valence-corrected chi connectivity index (χ0v) is 11.5. The Hall–Kier alpha value is -1.20. The molecule has 18 heavy (non-hydrogen) atoms. The summed E-state index contributed by atoms with van der Waals surface area (Å²) < 4.78 is 0. The average Bonchev–Trinajstić information content (AvgIpc) is 2.39. The number of hydrogen-bond donors (Lipinski definition) is 1. The van der Waals surface area contributed by atoms with E-state index < -0.39 is 0 Å². The van der Waals surface area contributed by atoms with E-state index in [-0.39, 0.29) is 0 Å². The van der Waals surface area contributed by atoms with Gasteiger partial charge in [-0.05, 0) is 37.0 Å². The van der Waals surface area contributed by atoms with Gasteiger partial charge in [0, 0.05) is 11.7 Å². The second-order valence-corrected chi connectivity index (χ2v) is 5.42. The van der Waals surface area contributed by atoms with Gasteiger partial charge in [-0.2, -0.15) is 5.26 Å². The Bertz CT molecular complexity index is 450. The van der Waals surface area contributed by atoms with Crippen LogP contribution in [-0.2, 0) is 0 Å². The molecule has 1 aromatic carbocycles. The molecular formula is C15H19ClN2. The lowest BCUT2D eigenvalue weighted by Crippen LogP contribution is -2.31. The van der Waals surface area contributed by atoms with Crippen LogP contribution in [0.5, 0.6) is 0 Å². The van der Waals surface area contributed by atoms with Crippen molar-refractivity contribution in [3.05, 3.63) is 28.8 Å². The number of rotatable bonds is 3. The highest BCUT2D eigenvalue weighted by Gasteiger charge is 2.23. The Kier molecular flexibility index (Phi) is 4.49. The summed E-state index contributed by atoms with van der Waals surface area (Å²) in [6, 6.07) is 8.23. The third-order valence-corrected chi connectivity index (χ3v) is 4.19. The quantitative estimate of drug-likeness (QED) is 0.865. The smallest absolute Gasteiger partial charge is 0.101 e. The first-order valence-electron chi connectivity index (χ1n) is 6.70. The van der Waals surface area contributed by atoms with Crippen LogP contribution < -0.4 is 5.32 Å². The van der Waals surface area contributed by atoms with Gasteiger partial charge in [-0.3, -0.25) is 0 Å². The van der Waals surface area contributed by atoms with Crippen LogP contribution in [0, 0.1) is 17.2 Å². The molecule has 0 heterocycles. The maximum atomic E-state index is 8.86. The fourth-order valence-corrected chi connectivity index (χ4v) is 3.02. The molecule has 0 amide bonds. The zero-order chi connectivity index (χ0) is 13.0. The molecule has 1 fully saturated rings. The first kappa shape index (κ1) is 13.2. The van der Waals surface area contributed by atoms with Crippen LogP contribution >= 0.6 is 11.6 Å². The lowest BCUT2D eigenvalue weighted by molar-refractivity contribution is 0.317. The van der Waals surface area contributed by atoms with E-state index in [9.17, 15) is 0 Å². The molecule has 1 aliphatic rings. The summed E-state index contributed by atoms with van der Waals surface area (Å²) in [6.07, 6.45) is 6.43. The second kappa shape index (κ2) is 6.11. The highest BCUT2D eigenvalue weighted by Crippen LogP contribution is 2.30. The van der Waals surface area contributed by atoms with Crippen molar-refractivity contribution < 1.29 is 0 Å². The van der Waals surface area contributed by atoms with Gasteiger partial charge >= 0.3 is 0 Å². The molecule has 0 spiro atoms. The highest BCUT2D eigenvalue weighted by molar-refractivity contribution is 6.32. The van der Waals surface area contributed by atoms with Crippen molar-refractivity contribution in [2.45, 2.75) is 45.1 Å². The van der Waals surface area contributed by atoms with Gasteiger partial charge in [0.1, 0.15) is 6.07 Å². The van der Waals surface area contributed by atoms with E-state index in [0.29, 0.717) is 16.6 Å². The molecule has 1 aromatic rings. The molecule has 1 N–H and O–H groups in total. The lowest BCUT2D eigenvalue weighted by atomic mass is 9.83. The van der Waals surface area contributed by atoms with Crippen molar-refractivity contribution in [3.63, 3.8) is 0 Å². The van der Waals surface area contributed by atoms with Gasteiger partial charge < -0.3 is 5.32 Å². The molecule has 96 valence electrons. The van der Waals surface area contributed by atoms with Crippen molar-refractivity contribution in [2.24, 2.45) is 5.92 Å². The van der Waals surface area contributed by atoms with Crippen molar-refractivity contribution in [3.8, 4) is 6.07 Å². The van der Waals surface area contributed by atoms with Gasteiger partial charge in [0.25, 0.3) is 0 Å². The highest BCUT2D eigenvalue weighted by atomic mass is 35.5. The van der Waals surface area contributed by atoms with E-state index in [1.54, 1.807) is 6.07 Å². The minimum atomic E-state index is 0.534. The van der Waals surface area contributed by atoms with Crippen molar-refractivity contribution in [1.29, 1.82) is 5.26 Å². The van der Waals surface area contributed by atoms with Crippen LogP contribution in [0.1, 0.15) is 44.6 Å². The van der Waals surface area contributed by atoms with Crippen LogP contribution in [-0.4, -0.2) is 6.04 Å². The summed E-state index contributed by atoms with van der Waals surface area (Å²) in [5.41, 5.74) is 1.57. The van der Waals surface area contributed by atoms with E-state index in [1.165, 1.54) is 32.1 Å². The van der Waals surface area contributed by atoms with Crippen molar-refractivity contribution in [2.75, 3.05) is 5.32 Å². The number of hydrogen-bond acceptors (Lipinski definition) is 2. The maximum Gasteiger partial charge on any atom is 0.101 e. The molecule has 2 atom stereocenters. The number of benzene rings is 1. The SMILES string of the molecule is CCC1CCCCC1Nc1ccc(C#N)c(Cl)c1. The molecule has 1 aliphatic carbocycles. The van der Waals surface area contributed by atoms with Gasteiger partial charge in [0.05, 0.1) is 10.6 Å². The van der Waals surface area contributed by atoms with E-state index in [2.05, 4.69) is 18.3 Å². The zero-order valence-electron chi connectivity index (χ0n) is 10.7. The summed E-state index contributed by atoms with van der Waals surface area (Å²) >= 11 is 6.05. The Morgan fingerprint density at radius 3 is 2.83 bits per heavy atom. The first-order chi connectivity index (χ1) is 8.74. The van der Waals surface area contributed by atoms with Gasteiger partial charge in [-0.15, -0.1) is 0 Å². The fraction of sp³-hybridized carbons (Fsp3) is 0.533. The molecule has 2 unspecified atom stereocenters. The van der Waals surface area contributed by atoms with E-state index in [4.69, 9.17) is 16.9 Å². The van der Waals surface area contributed by atoms with Crippen LogP contribution in [0.2, 0.25) is 5.02 Å². The van der Waals surface area contributed by atoms with Crippen LogP contribution in [0.4, 0.5) is 5.69 Å². The summed E-state index contributed by atoms with van der Waals surface area (Å²) in [6.45, 7) is 2.26. The predicted molar refractivity (Wildman–Crippen MR) is 75.8 cm³/mol. The Morgan fingerprint density at radius 1 is 1.39 bits per heavy atom. The molecule has 3 heteroatoms. The van der Waals surface area contributed by atoms with E-state index in [1.807, 2.05) is 12.1 Å². The monoisotopic (exact) mass is 262 g/mol. The third-order valence-electron chi connectivity index (χ3n) is 3.88. The normalized spacial score (nSPS) is 23.4. The topological polar surface area (TPSA) is 35.8 Å². The summed E-state index contributed by atoms with van der Waals surface area (Å²) in [4.78, 5) is 0. The van der Waals surface area contributed by atoms with Crippen LogP contribution in [0.25, 0.3) is 0 Å². The van der Waals surface area contributed by atoms with Gasteiger partial charge in [-0.1, -0.05) is 37.8 Å². The molecule has 0 aliphatic heterocycles. The molecule has 2 rings (SSSR count). The third kappa shape index (κ3) is 2.97. The standard InChI is InChI=1S/C15H19ClN2/c1-2-11-5-3-4-6-15(11)18-13-8-7-12(10-17)14(16)9-13/h7-9,11,15,18H,2-6H2,1H3. The van der Waals surface area contributed by atoms with E-state index >= 15 is 0 Å². The number of nitriles is 1. The molecular weight excluding hydrogens is 244 g/mol. The van der Waals surface area contributed by atoms with Gasteiger partial charge in [0.15, 0.2) is 0 Å². The Labute approximate surface area is 114 Å². The summed E-state index contributed by atoms with van der Waals surface area (Å²) in [7, 11) is 0. The lowest BCUT2D eigenvalue weighted by Gasteiger charge is -2.32. The Balaban J connectivity index is 2.08. The number of nitrogens with one attached hydrogen (secondary N) is 1. The van der Waals surface area contributed by atoms with Crippen molar-refractivity contribution >= 4 is 17.3 Å². The minimum Gasteiger partial charge on any atom is -0.382 e. The van der Waals surface area contributed by atoms with Gasteiger partial charge in [-0.25, -0.2) is 0 Å². The molecule has 0 aromatic heterocycles. The first-order valence-corrected chi connectivity index (χ1v) is 7.08. The minimum absolute atomic E-state index is 0.534. The molecule has 0 saturated heterocycles. The maximum absolute atomic E-state index is 8.86. The predicted octanol–water partition coefficient (Wildman–Crippen LogP) is 4.59. The Morgan fingerprint density at radius 2 is 2.17 bits per heavy atom. The number of nitrogens with zero attached hydrogens (tertiary/aromatic N) is 1. The number of anilines is 1. The fourth-order valence-electron chi connectivity index (χ4n) is 2.80. The van der Waals surface area contributed by atoms with Gasteiger partial charge in [0.2, 0.25) is 0 Å². The molecule has 0 bridgehead atoms. The molecule has 0 radical (unpaired) electrons. The molecule has 1 saturated carbocycles. The average molecular weight is 263 g/mol. The summed E-state index contributed by atoms with van der Waals surface area (Å²) in [5.74, 6) is 0.758. The van der Waals surface area contributed by atoms with Crippen LogP contribution in [0.3, 0.4) is 0 Å². The second-order valence-electron chi connectivity index (χ2n) is 5.01.